The number of hydrogen-bond acceptors (Lipinski definition) is 4. The van der Waals surface area contributed by atoms with Gasteiger partial charge in [0.05, 0.1) is 0 Å². The van der Waals surface area contributed by atoms with Crippen LogP contribution in [0.4, 0.5) is 14.6 Å². The van der Waals surface area contributed by atoms with Gasteiger partial charge in [0, 0.05) is 5.56 Å². The minimum Gasteiger partial charge on any atom is -0.506 e. The molecule has 0 aliphatic heterocycles. The summed E-state index contributed by atoms with van der Waals surface area (Å²) in [5.41, 5.74) is 7.02. The number of rotatable bonds is 2. The van der Waals surface area contributed by atoms with Crippen molar-refractivity contribution in [1.29, 1.82) is 0 Å². The number of phenols is 1. The Kier molecular flexibility index (Phi) is 3.25. The highest BCUT2D eigenvalue weighted by molar-refractivity contribution is 5.72. The second-order valence-corrected chi connectivity index (χ2v) is 4.85. The van der Waals surface area contributed by atoms with Crippen molar-refractivity contribution < 1.29 is 13.9 Å². The van der Waals surface area contributed by atoms with Gasteiger partial charge in [-0.1, -0.05) is 11.3 Å². The standard InChI is InChI=1S/C15H12F2N4O/c1-8-2-5-12(13(22)6-8)21-15(18)14(19-20-21)10-7-9(16)3-4-11(10)17/h2-7,22H,18H2,1H3. The Morgan fingerprint density at radius 2 is 1.91 bits per heavy atom. The zero-order valence-electron chi connectivity index (χ0n) is 11.6. The van der Waals surface area contributed by atoms with E-state index >= 15 is 0 Å². The summed E-state index contributed by atoms with van der Waals surface area (Å²) in [5, 5.41) is 17.6. The van der Waals surface area contributed by atoms with E-state index in [0.717, 1.165) is 23.8 Å². The molecule has 0 unspecified atom stereocenters. The van der Waals surface area contributed by atoms with Gasteiger partial charge in [0.25, 0.3) is 0 Å². The summed E-state index contributed by atoms with van der Waals surface area (Å²) in [6.07, 6.45) is 0. The summed E-state index contributed by atoms with van der Waals surface area (Å²) in [6.45, 7) is 1.82. The van der Waals surface area contributed by atoms with Gasteiger partial charge < -0.3 is 10.8 Å². The van der Waals surface area contributed by atoms with Crippen LogP contribution in [0.1, 0.15) is 5.56 Å². The lowest BCUT2D eigenvalue weighted by Gasteiger charge is -2.07. The number of hydrogen-bond donors (Lipinski definition) is 2. The predicted molar refractivity (Wildman–Crippen MR) is 77.5 cm³/mol. The molecule has 0 bridgehead atoms. The fraction of sp³-hybridized carbons (Fsp3) is 0.0667. The van der Waals surface area contributed by atoms with E-state index in [1.807, 2.05) is 6.92 Å². The highest BCUT2D eigenvalue weighted by atomic mass is 19.1. The molecular formula is C15H12F2N4O. The van der Waals surface area contributed by atoms with Crippen LogP contribution in [-0.2, 0) is 0 Å². The maximum atomic E-state index is 13.8. The maximum absolute atomic E-state index is 13.8. The molecule has 112 valence electrons. The van der Waals surface area contributed by atoms with Crippen molar-refractivity contribution >= 4 is 5.82 Å². The Hall–Kier alpha value is -2.96. The van der Waals surface area contributed by atoms with Gasteiger partial charge in [-0.2, -0.15) is 4.68 Å². The largest absolute Gasteiger partial charge is 0.506 e. The summed E-state index contributed by atoms with van der Waals surface area (Å²) in [7, 11) is 0. The summed E-state index contributed by atoms with van der Waals surface area (Å²) in [6, 6.07) is 7.91. The number of nitrogens with two attached hydrogens (primary N) is 1. The van der Waals surface area contributed by atoms with Crippen LogP contribution < -0.4 is 5.73 Å². The molecule has 0 spiro atoms. The first-order valence-electron chi connectivity index (χ1n) is 6.44. The maximum Gasteiger partial charge on any atom is 0.156 e. The molecule has 0 amide bonds. The van der Waals surface area contributed by atoms with E-state index in [4.69, 9.17) is 5.73 Å². The van der Waals surface area contributed by atoms with Gasteiger partial charge in [0.1, 0.15) is 28.8 Å². The van der Waals surface area contributed by atoms with Crippen molar-refractivity contribution in [3.05, 3.63) is 53.6 Å². The van der Waals surface area contributed by atoms with Crippen LogP contribution in [0.5, 0.6) is 5.75 Å². The van der Waals surface area contributed by atoms with Crippen LogP contribution in [0.3, 0.4) is 0 Å². The van der Waals surface area contributed by atoms with Crippen LogP contribution in [-0.4, -0.2) is 20.1 Å². The van der Waals surface area contributed by atoms with Crippen molar-refractivity contribution in [2.45, 2.75) is 6.92 Å². The lowest BCUT2D eigenvalue weighted by molar-refractivity contribution is 0.469. The smallest absolute Gasteiger partial charge is 0.156 e. The second-order valence-electron chi connectivity index (χ2n) is 4.85. The number of benzene rings is 2. The molecule has 5 nitrogen and oxygen atoms in total. The molecule has 0 aliphatic carbocycles. The Labute approximate surface area is 124 Å². The summed E-state index contributed by atoms with van der Waals surface area (Å²) < 4.78 is 28.3. The van der Waals surface area contributed by atoms with Crippen LogP contribution in [0.15, 0.2) is 36.4 Å². The van der Waals surface area contributed by atoms with Gasteiger partial charge in [0.2, 0.25) is 0 Å². The Balaban J connectivity index is 2.15. The number of phenolic OH excluding ortho intramolecular Hbond substituents is 1. The molecule has 22 heavy (non-hydrogen) atoms. The van der Waals surface area contributed by atoms with Gasteiger partial charge >= 0.3 is 0 Å². The molecule has 1 heterocycles. The average molecular weight is 302 g/mol. The van der Waals surface area contributed by atoms with E-state index < -0.39 is 11.6 Å². The molecule has 0 saturated carbocycles. The van der Waals surface area contributed by atoms with Crippen molar-refractivity contribution in [3.8, 4) is 22.7 Å². The van der Waals surface area contributed by atoms with Crippen LogP contribution in [0.2, 0.25) is 0 Å². The van der Waals surface area contributed by atoms with E-state index in [9.17, 15) is 13.9 Å². The van der Waals surface area contributed by atoms with Crippen molar-refractivity contribution in [2.24, 2.45) is 0 Å². The molecule has 3 rings (SSSR count). The van der Waals surface area contributed by atoms with E-state index in [1.165, 1.54) is 4.68 Å². The predicted octanol–water partition coefficient (Wildman–Crippen LogP) is 2.81. The molecule has 0 aliphatic rings. The van der Waals surface area contributed by atoms with Gasteiger partial charge in [-0.3, -0.25) is 0 Å². The number of nitrogen functional groups attached to an aromatic ring is 1. The molecule has 7 heteroatoms. The van der Waals surface area contributed by atoms with Crippen molar-refractivity contribution in [2.75, 3.05) is 5.73 Å². The highest BCUT2D eigenvalue weighted by Crippen LogP contribution is 2.31. The number of nitrogens with zero attached hydrogens (tertiary/aromatic N) is 3. The Morgan fingerprint density at radius 1 is 1.14 bits per heavy atom. The summed E-state index contributed by atoms with van der Waals surface area (Å²) in [5.74, 6) is -1.30. The molecule has 3 aromatic rings. The van der Waals surface area contributed by atoms with E-state index in [-0.39, 0.29) is 22.8 Å². The number of aromatic hydroxyl groups is 1. The van der Waals surface area contributed by atoms with Crippen LogP contribution in [0, 0.1) is 18.6 Å². The second kappa shape index (κ2) is 5.10. The fourth-order valence-electron chi connectivity index (χ4n) is 2.15. The molecule has 2 aromatic carbocycles. The average Bonchev–Trinajstić information content (AvgIpc) is 2.83. The molecule has 3 N–H and O–H groups in total. The molecule has 0 saturated heterocycles. The minimum absolute atomic E-state index is 0.00338. The highest BCUT2D eigenvalue weighted by Gasteiger charge is 2.18. The molecule has 0 atom stereocenters. The van der Waals surface area contributed by atoms with Gasteiger partial charge in [0.15, 0.2) is 5.82 Å². The quantitative estimate of drug-likeness (QED) is 0.763. The van der Waals surface area contributed by atoms with E-state index in [1.54, 1.807) is 18.2 Å². The topological polar surface area (TPSA) is 77.0 Å². The van der Waals surface area contributed by atoms with Gasteiger partial charge in [-0.05, 0) is 42.8 Å². The SMILES string of the molecule is Cc1ccc(-n2nnc(-c3cc(F)ccc3F)c2N)c(O)c1. The monoisotopic (exact) mass is 302 g/mol. The van der Waals surface area contributed by atoms with Gasteiger partial charge in [-0.15, -0.1) is 5.10 Å². The minimum atomic E-state index is -0.659. The number of aryl methyl sites for hydroxylation is 1. The third-order valence-electron chi connectivity index (χ3n) is 3.25. The van der Waals surface area contributed by atoms with Crippen molar-refractivity contribution in [1.82, 2.24) is 15.0 Å². The zero-order chi connectivity index (χ0) is 15.9. The third-order valence-corrected chi connectivity index (χ3v) is 3.25. The van der Waals surface area contributed by atoms with Crippen LogP contribution >= 0.6 is 0 Å². The molecule has 1 aromatic heterocycles. The third kappa shape index (κ3) is 2.26. The fourth-order valence-corrected chi connectivity index (χ4v) is 2.15. The van der Waals surface area contributed by atoms with Crippen LogP contribution in [0.25, 0.3) is 16.9 Å². The van der Waals surface area contributed by atoms with E-state index in [0.29, 0.717) is 5.69 Å². The molecule has 0 radical (unpaired) electrons. The molecular weight excluding hydrogens is 290 g/mol. The van der Waals surface area contributed by atoms with E-state index in [2.05, 4.69) is 10.3 Å². The lowest BCUT2D eigenvalue weighted by atomic mass is 10.1. The zero-order valence-corrected chi connectivity index (χ0v) is 11.6. The first-order valence-corrected chi connectivity index (χ1v) is 6.44. The Morgan fingerprint density at radius 3 is 2.64 bits per heavy atom. The van der Waals surface area contributed by atoms with Crippen molar-refractivity contribution in [3.63, 3.8) is 0 Å². The van der Waals surface area contributed by atoms with Gasteiger partial charge in [-0.25, -0.2) is 8.78 Å². The normalized spacial score (nSPS) is 10.9. The number of aromatic nitrogens is 3. The first-order chi connectivity index (χ1) is 10.5. The molecule has 0 fully saturated rings. The first kappa shape index (κ1) is 14.0. The number of halogens is 2. The number of anilines is 1. The lowest BCUT2D eigenvalue weighted by Crippen LogP contribution is -2.03. The summed E-state index contributed by atoms with van der Waals surface area (Å²) >= 11 is 0. The summed E-state index contributed by atoms with van der Waals surface area (Å²) in [4.78, 5) is 0. The Bertz CT molecular complexity index is 861.